The van der Waals surface area contributed by atoms with Gasteiger partial charge in [0.15, 0.2) is 0 Å². The van der Waals surface area contributed by atoms with E-state index in [2.05, 4.69) is 0 Å². The average molecular weight is 347 g/mol. The fraction of sp³-hybridized carbons (Fsp3) is 0.235. The summed E-state index contributed by atoms with van der Waals surface area (Å²) in [4.78, 5) is 11.3. The van der Waals surface area contributed by atoms with Crippen molar-refractivity contribution >= 4 is 16.0 Å². The minimum absolute atomic E-state index is 0.0276. The molecule has 24 heavy (non-hydrogen) atoms. The number of hydrogen-bond acceptors (Lipinski definition) is 4. The number of sulfonamides is 1. The number of rotatable bonds is 6. The maximum Gasteiger partial charge on any atom is 0.335 e. The predicted molar refractivity (Wildman–Crippen MR) is 88.4 cm³/mol. The quantitative estimate of drug-likeness (QED) is 0.808. The lowest BCUT2D eigenvalue weighted by Crippen LogP contribution is -2.30. The van der Waals surface area contributed by atoms with Crippen LogP contribution in [0.3, 0.4) is 0 Å². The van der Waals surface area contributed by atoms with E-state index in [-0.39, 0.29) is 16.6 Å². The minimum Gasteiger partial charge on any atom is -0.478 e. The summed E-state index contributed by atoms with van der Waals surface area (Å²) in [5, 5.41) is 9.09. The van der Waals surface area contributed by atoms with Crippen LogP contribution in [0.1, 0.15) is 10.4 Å². The fourth-order valence-corrected chi connectivity index (χ4v) is 3.66. The number of nitrogens with zero attached hydrogens (tertiary/aromatic N) is 1. The summed E-state index contributed by atoms with van der Waals surface area (Å²) in [5.41, 5.74) is 1.46. The summed E-state index contributed by atoms with van der Waals surface area (Å²) >= 11 is 0. The van der Waals surface area contributed by atoms with E-state index in [9.17, 15) is 13.2 Å². The van der Waals surface area contributed by atoms with Gasteiger partial charge in [-0.25, -0.2) is 13.2 Å². The zero-order valence-corrected chi connectivity index (χ0v) is 13.9. The van der Waals surface area contributed by atoms with Gasteiger partial charge in [0.2, 0.25) is 10.0 Å². The molecule has 0 spiro atoms. The topological polar surface area (TPSA) is 87.2 Å². The molecule has 126 valence electrons. The summed E-state index contributed by atoms with van der Waals surface area (Å²) in [5.74, 6) is -1.02. The molecule has 0 bridgehead atoms. The first-order valence-corrected chi connectivity index (χ1v) is 8.83. The standard InChI is InChI=1S/C17H17NO5S/c1-18(10-15-11-23-15)24(21,22)16-7-3-5-13(9-16)12-4-2-6-14(8-12)17(19)20/h2-9,15H,10-11H2,1H3,(H,19,20). The summed E-state index contributed by atoms with van der Waals surface area (Å²) in [7, 11) is -2.09. The molecule has 2 aromatic rings. The molecule has 0 aliphatic carbocycles. The Morgan fingerprint density at radius 2 is 1.83 bits per heavy atom. The summed E-state index contributed by atoms with van der Waals surface area (Å²) in [6.45, 7) is 0.906. The van der Waals surface area contributed by atoms with Crippen molar-refractivity contribution in [2.75, 3.05) is 20.2 Å². The normalized spacial score (nSPS) is 17.0. The second-order valence-electron chi connectivity index (χ2n) is 5.65. The number of hydrogen-bond donors (Lipinski definition) is 1. The molecule has 1 aliphatic rings. The van der Waals surface area contributed by atoms with Crippen LogP contribution in [-0.4, -0.2) is 50.1 Å². The van der Waals surface area contributed by atoms with Crippen molar-refractivity contribution in [3.63, 3.8) is 0 Å². The van der Waals surface area contributed by atoms with Gasteiger partial charge in [0.05, 0.1) is 23.2 Å². The highest BCUT2D eigenvalue weighted by molar-refractivity contribution is 7.89. The first kappa shape index (κ1) is 16.6. The maximum atomic E-state index is 12.6. The SMILES string of the molecule is CN(CC1CO1)S(=O)(=O)c1cccc(-c2cccc(C(=O)O)c2)c1. The van der Waals surface area contributed by atoms with Crippen molar-refractivity contribution in [2.45, 2.75) is 11.0 Å². The predicted octanol–water partition coefficient (Wildman–Crippen LogP) is 2.07. The first-order chi connectivity index (χ1) is 11.4. The fourth-order valence-electron chi connectivity index (χ4n) is 2.41. The number of epoxide rings is 1. The van der Waals surface area contributed by atoms with Crippen molar-refractivity contribution in [2.24, 2.45) is 0 Å². The second-order valence-corrected chi connectivity index (χ2v) is 7.70. The number of likely N-dealkylation sites (N-methyl/N-ethyl adjacent to an activating group) is 1. The number of carboxylic acid groups (broad SMARTS) is 1. The molecule has 0 radical (unpaired) electrons. The van der Waals surface area contributed by atoms with Crippen LogP contribution in [0.5, 0.6) is 0 Å². The Labute approximate surface area is 140 Å². The van der Waals surface area contributed by atoms with Crippen LogP contribution in [0, 0.1) is 0 Å². The number of aromatic carboxylic acids is 1. The van der Waals surface area contributed by atoms with Crippen LogP contribution in [0.15, 0.2) is 53.4 Å². The largest absolute Gasteiger partial charge is 0.478 e. The van der Waals surface area contributed by atoms with Crippen molar-refractivity contribution in [3.8, 4) is 11.1 Å². The molecule has 1 fully saturated rings. The smallest absolute Gasteiger partial charge is 0.335 e. The van der Waals surface area contributed by atoms with Crippen LogP contribution >= 0.6 is 0 Å². The number of ether oxygens (including phenoxy) is 1. The highest BCUT2D eigenvalue weighted by Crippen LogP contribution is 2.25. The van der Waals surface area contributed by atoms with Gasteiger partial charge in [-0.15, -0.1) is 0 Å². The summed E-state index contributed by atoms with van der Waals surface area (Å²) < 4.78 is 31.6. The lowest BCUT2D eigenvalue weighted by molar-refractivity contribution is 0.0697. The van der Waals surface area contributed by atoms with Crippen molar-refractivity contribution in [1.29, 1.82) is 0 Å². The van der Waals surface area contributed by atoms with Gasteiger partial charge in [-0.05, 0) is 35.4 Å². The summed E-state index contributed by atoms with van der Waals surface area (Å²) in [6.07, 6.45) is -0.0276. The van der Waals surface area contributed by atoms with Gasteiger partial charge in [0, 0.05) is 13.6 Å². The number of carboxylic acids is 1. The van der Waals surface area contributed by atoms with E-state index in [0.29, 0.717) is 24.3 Å². The Hall–Kier alpha value is -2.22. The Kier molecular flexibility index (Phi) is 4.40. The van der Waals surface area contributed by atoms with Crippen molar-refractivity contribution in [3.05, 3.63) is 54.1 Å². The van der Waals surface area contributed by atoms with Crippen LogP contribution < -0.4 is 0 Å². The van der Waals surface area contributed by atoms with Gasteiger partial charge in [-0.2, -0.15) is 4.31 Å². The first-order valence-electron chi connectivity index (χ1n) is 7.39. The van der Waals surface area contributed by atoms with Crippen LogP contribution in [0.4, 0.5) is 0 Å². The van der Waals surface area contributed by atoms with Gasteiger partial charge in [-0.1, -0.05) is 24.3 Å². The van der Waals surface area contributed by atoms with Gasteiger partial charge < -0.3 is 9.84 Å². The third-order valence-electron chi connectivity index (χ3n) is 3.85. The van der Waals surface area contributed by atoms with Crippen LogP contribution in [-0.2, 0) is 14.8 Å². The van der Waals surface area contributed by atoms with Gasteiger partial charge in [0.1, 0.15) is 0 Å². The molecule has 0 saturated carbocycles. The molecule has 1 unspecified atom stereocenters. The van der Waals surface area contributed by atoms with Gasteiger partial charge in [-0.3, -0.25) is 0 Å². The monoisotopic (exact) mass is 347 g/mol. The van der Waals surface area contributed by atoms with E-state index in [4.69, 9.17) is 9.84 Å². The number of carbonyl (C=O) groups is 1. The van der Waals surface area contributed by atoms with Crippen molar-refractivity contribution < 1.29 is 23.1 Å². The molecular weight excluding hydrogens is 330 g/mol. The highest BCUT2D eigenvalue weighted by Gasteiger charge is 2.30. The van der Waals surface area contributed by atoms with Gasteiger partial charge >= 0.3 is 5.97 Å². The van der Waals surface area contributed by atoms with Crippen LogP contribution in [0.2, 0.25) is 0 Å². The van der Waals surface area contributed by atoms with E-state index in [0.717, 1.165) is 0 Å². The van der Waals surface area contributed by atoms with Crippen molar-refractivity contribution in [1.82, 2.24) is 4.31 Å². The molecule has 1 heterocycles. The van der Waals surface area contributed by atoms with E-state index in [1.165, 1.54) is 29.6 Å². The zero-order chi connectivity index (χ0) is 17.3. The molecule has 3 rings (SSSR count). The van der Waals surface area contributed by atoms with Gasteiger partial charge in [0.25, 0.3) is 0 Å². The van der Waals surface area contributed by atoms with E-state index in [1.807, 2.05) is 0 Å². The Balaban J connectivity index is 1.94. The molecular formula is C17H17NO5S. The second kappa shape index (κ2) is 6.35. The molecule has 1 saturated heterocycles. The van der Waals surface area contributed by atoms with Crippen LogP contribution in [0.25, 0.3) is 11.1 Å². The average Bonchev–Trinajstić information content (AvgIpc) is 3.39. The summed E-state index contributed by atoms with van der Waals surface area (Å²) in [6, 6.07) is 12.9. The third kappa shape index (κ3) is 3.48. The lowest BCUT2D eigenvalue weighted by atomic mass is 10.0. The minimum atomic E-state index is -3.61. The molecule has 0 aromatic heterocycles. The molecule has 2 aromatic carbocycles. The molecule has 6 nitrogen and oxygen atoms in total. The maximum absolute atomic E-state index is 12.6. The highest BCUT2D eigenvalue weighted by atomic mass is 32.2. The van der Waals surface area contributed by atoms with E-state index < -0.39 is 16.0 Å². The Bertz CT molecular complexity index is 874. The van der Waals surface area contributed by atoms with E-state index >= 15 is 0 Å². The Morgan fingerprint density at radius 1 is 1.21 bits per heavy atom. The lowest BCUT2D eigenvalue weighted by Gasteiger charge is -2.16. The molecule has 1 aliphatic heterocycles. The zero-order valence-electron chi connectivity index (χ0n) is 13.0. The Morgan fingerprint density at radius 3 is 2.46 bits per heavy atom. The molecule has 1 N–H and O–H groups in total. The molecule has 7 heteroatoms. The van der Waals surface area contributed by atoms with E-state index in [1.54, 1.807) is 30.3 Å². The molecule has 0 amide bonds. The number of benzene rings is 2. The molecule has 1 atom stereocenters. The third-order valence-corrected chi connectivity index (χ3v) is 5.67.